The third kappa shape index (κ3) is 7.49. The van der Waals surface area contributed by atoms with Crippen LogP contribution in [0.2, 0.25) is 23.2 Å². The van der Waals surface area contributed by atoms with Crippen LogP contribution in [-0.4, -0.2) is 23.2 Å². The van der Waals surface area contributed by atoms with Gasteiger partial charge < -0.3 is 9.90 Å². The molecule has 0 aliphatic heterocycles. The minimum Gasteiger partial charge on any atom is -0.432 e. The smallest absolute Gasteiger partial charge is 0.188 e. The quantitative estimate of drug-likeness (QED) is 0.186. The minimum absolute atomic E-state index is 0.157. The molecule has 0 aliphatic carbocycles. The van der Waals surface area contributed by atoms with E-state index >= 15 is 0 Å². The molecular weight excluding hydrogens is 530 g/mol. The standard InChI is InChI=1S/C35H42ClNO2Si/c1-34(2,40(5,6)39)24-29(16-15-26-11-7-8-13-32(26)35(3,4)38)28-12-9-10-25(22-28)14-20-31-21-18-27-17-19-30(36)23-33(27)37-31/h7-14,17-23,29,38-39H,15-16,24H2,1-6H3/b20-14+. The second kappa shape index (κ2) is 12.0. The number of benzene rings is 3. The van der Waals surface area contributed by atoms with Crippen molar-refractivity contribution in [3.63, 3.8) is 0 Å². The van der Waals surface area contributed by atoms with E-state index < -0.39 is 13.9 Å². The highest BCUT2D eigenvalue weighted by atomic mass is 35.5. The lowest BCUT2D eigenvalue weighted by Crippen LogP contribution is -2.40. The molecule has 2 N–H and O–H groups in total. The van der Waals surface area contributed by atoms with Gasteiger partial charge in [-0.1, -0.05) is 92.2 Å². The van der Waals surface area contributed by atoms with Crippen LogP contribution < -0.4 is 0 Å². The minimum atomic E-state index is -2.40. The molecule has 5 heteroatoms. The second-order valence-electron chi connectivity index (χ2n) is 12.7. The predicted octanol–water partition coefficient (Wildman–Crippen LogP) is 9.37. The van der Waals surface area contributed by atoms with E-state index in [0.29, 0.717) is 5.02 Å². The summed E-state index contributed by atoms with van der Waals surface area (Å²) in [5.41, 5.74) is 5.42. The Balaban J connectivity index is 1.62. The highest BCUT2D eigenvalue weighted by Gasteiger charge is 2.39. The summed E-state index contributed by atoms with van der Waals surface area (Å²) in [5, 5.41) is 12.4. The van der Waals surface area contributed by atoms with Crippen LogP contribution in [-0.2, 0) is 12.0 Å². The molecule has 0 amide bonds. The molecule has 1 atom stereocenters. The first kappa shape index (κ1) is 30.2. The summed E-state index contributed by atoms with van der Waals surface area (Å²) in [5.74, 6) is 0.262. The summed E-state index contributed by atoms with van der Waals surface area (Å²) in [4.78, 5) is 15.9. The maximum absolute atomic E-state index is 11.1. The van der Waals surface area contributed by atoms with Crippen molar-refractivity contribution in [2.45, 2.75) is 76.6 Å². The third-order valence-electron chi connectivity index (χ3n) is 8.36. The molecule has 1 heterocycles. The van der Waals surface area contributed by atoms with E-state index in [2.05, 4.69) is 56.3 Å². The fourth-order valence-corrected chi connectivity index (χ4v) is 6.13. The zero-order chi connectivity index (χ0) is 29.1. The van der Waals surface area contributed by atoms with Gasteiger partial charge in [-0.25, -0.2) is 4.98 Å². The van der Waals surface area contributed by atoms with Gasteiger partial charge in [0.2, 0.25) is 0 Å². The Bertz CT molecular complexity index is 1500. The molecule has 0 saturated heterocycles. The van der Waals surface area contributed by atoms with Crippen molar-refractivity contribution in [1.29, 1.82) is 0 Å². The molecule has 210 valence electrons. The van der Waals surface area contributed by atoms with E-state index in [9.17, 15) is 9.90 Å². The van der Waals surface area contributed by atoms with Crippen molar-refractivity contribution in [2.75, 3.05) is 0 Å². The van der Waals surface area contributed by atoms with Gasteiger partial charge in [0.05, 0.1) is 16.8 Å². The summed E-state index contributed by atoms with van der Waals surface area (Å²) in [6, 6.07) is 26.8. The van der Waals surface area contributed by atoms with Gasteiger partial charge in [0.1, 0.15) is 0 Å². The molecule has 0 aliphatic rings. The number of nitrogens with zero attached hydrogens (tertiary/aromatic N) is 1. The second-order valence-corrected chi connectivity index (χ2v) is 17.6. The molecule has 3 aromatic carbocycles. The highest BCUT2D eigenvalue weighted by Crippen LogP contribution is 2.46. The van der Waals surface area contributed by atoms with Crippen LogP contribution in [0.15, 0.2) is 78.9 Å². The first-order chi connectivity index (χ1) is 18.7. The number of halogens is 1. The highest BCUT2D eigenvalue weighted by molar-refractivity contribution is 6.72. The van der Waals surface area contributed by atoms with Crippen molar-refractivity contribution in [3.05, 3.63) is 112 Å². The topological polar surface area (TPSA) is 53.4 Å². The SMILES string of the molecule is CC(C)(O)c1ccccc1CCC(CC(C)(C)[Si](C)(C)O)c1cccc(/C=C/c2ccc3ccc(Cl)cc3n2)c1. The van der Waals surface area contributed by atoms with Crippen LogP contribution in [0, 0.1) is 0 Å². The first-order valence-corrected chi connectivity index (χ1v) is 17.4. The van der Waals surface area contributed by atoms with Crippen LogP contribution in [0.5, 0.6) is 0 Å². The molecule has 0 spiro atoms. The van der Waals surface area contributed by atoms with Crippen molar-refractivity contribution < 1.29 is 9.90 Å². The molecule has 0 radical (unpaired) electrons. The van der Waals surface area contributed by atoms with Crippen LogP contribution in [0.3, 0.4) is 0 Å². The molecule has 4 rings (SSSR count). The Kier molecular flexibility index (Phi) is 9.06. The van der Waals surface area contributed by atoms with E-state index in [4.69, 9.17) is 16.6 Å². The lowest BCUT2D eigenvalue weighted by Gasteiger charge is -2.38. The molecule has 4 aromatic rings. The maximum Gasteiger partial charge on any atom is 0.188 e. The van der Waals surface area contributed by atoms with Crippen molar-refractivity contribution in [2.24, 2.45) is 0 Å². The Hall–Kier alpha value is -2.76. The van der Waals surface area contributed by atoms with Gasteiger partial charge in [0.15, 0.2) is 8.32 Å². The van der Waals surface area contributed by atoms with E-state index in [1.807, 2.05) is 75.5 Å². The number of aryl methyl sites for hydroxylation is 1. The monoisotopic (exact) mass is 571 g/mol. The zero-order valence-corrected chi connectivity index (χ0v) is 26.3. The third-order valence-corrected chi connectivity index (χ3v) is 12.1. The van der Waals surface area contributed by atoms with Crippen LogP contribution in [0.4, 0.5) is 0 Å². The van der Waals surface area contributed by atoms with Crippen molar-refractivity contribution in [3.8, 4) is 0 Å². The van der Waals surface area contributed by atoms with Crippen LogP contribution in [0.1, 0.15) is 74.4 Å². The fourth-order valence-electron chi connectivity index (χ4n) is 5.21. The Morgan fingerprint density at radius 1 is 0.900 bits per heavy atom. The van der Waals surface area contributed by atoms with Gasteiger partial charge in [-0.3, -0.25) is 0 Å². The Morgan fingerprint density at radius 3 is 2.35 bits per heavy atom. The zero-order valence-electron chi connectivity index (χ0n) is 24.6. The molecule has 0 saturated carbocycles. The average Bonchev–Trinajstić information content (AvgIpc) is 2.88. The summed E-state index contributed by atoms with van der Waals surface area (Å²) >= 11 is 6.18. The molecular formula is C35H42ClNO2Si. The van der Waals surface area contributed by atoms with E-state index in [0.717, 1.165) is 47.0 Å². The van der Waals surface area contributed by atoms with Gasteiger partial charge in [-0.15, -0.1) is 0 Å². The van der Waals surface area contributed by atoms with Gasteiger partial charge in [0, 0.05) is 10.4 Å². The Labute approximate surface area is 245 Å². The van der Waals surface area contributed by atoms with E-state index in [1.165, 1.54) is 11.1 Å². The van der Waals surface area contributed by atoms with Gasteiger partial charge in [-0.2, -0.15) is 0 Å². The number of aliphatic hydroxyl groups is 1. The summed E-state index contributed by atoms with van der Waals surface area (Å²) in [6.45, 7) is 12.2. The average molecular weight is 572 g/mol. The molecule has 0 bridgehead atoms. The Morgan fingerprint density at radius 2 is 1.62 bits per heavy atom. The van der Waals surface area contributed by atoms with Gasteiger partial charge >= 0.3 is 0 Å². The van der Waals surface area contributed by atoms with E-state index in [1.54, 1.807) is 0 Å². The van der Waals surface area contributed by atoms with Crippen LogP contribution >= 0.6 is 11.6 Å². The lowest BCUT2D eigenvalue weighted by molar-refractivity contribution is 0.0775. The number of hydrogen-bond acceptors (Lipinski definition) is 3. The molecule has 40 heavy (non-hydrogen) atoms. The molecule has 1 unspecified atom stereocenters. The maximum atomic E-state index is 11.1. The number of hydrogen-bond donors (Lipinski definition) is 2. The number of rotatable bonds is 10. The van der Waals surface area contributed by atoms with Gasteiger partial charge in [0.25, 0.3) is 0 Å². The molecule has 1 aromatic heterocycles. The number of aromatic nitrogens is 1. The summed E-state index contributed by atoms with van der Waals surface area (Å²) in [7, 11) is -2.40. The molecule has 0 fully saturated rings. The normalized spacial score (nSPS) is 13.7. The van der Waals surface area contributed by atoms with Crippen molar-refractivity contribution >= 4 is 43.0 Å². The number of fused-ring (bicyclic) bond motifs is 1. The fraction of sp³-hybridized carbons (Fsp3) is 0.343. The largest absolute Gasteiger partial charge is 0.432 e. The predicted molar refractivity (Wildman–Crippen MR) is 173 cm³/mol. The van der Waals surface area contributed by atoms with Crippen LogP contribution in [0.25, 0.3) is 23.1 Å². The number of pyridine rings is 1. The summed E-state index contributed by atoms with van der Waals surface area (Å²) in [6.07, 6.45) is 6.84. The van der Waals surface area contributed by atoms with Gasteiger partial charge in [-0.05, 0) is 104 Å². The lowest BCUT2D eigenvalue weighted by atomic mass is 9.83. The van der Waals surface area contributed by atoms with Crippen molar-refractivity contribution in [1.82, 2.24) is 4.98 Å². The first-order valence-electron chi connectivity index (χ1n) is 14.1. The van der Waals surface area contributed by atoms with E-state index in [-0.39, 0.29) is 11.0 Å². The summed E-state index contributed by atoms with van der Waals surface area (Å²) < 4.78 is 0. The molecule has 3 nitrogen and oxygen atoms in total.